The average Bonchev–Trinajstić information content (AvgIpc) is 2.96. The molecule has 4 nitrogen and oxygen atoms in total. The Kier molecular flexibility index (Phi) is 7.28. The smallest absolute Gasteiger partial charge is 0.336 e. The summed E-state index contributed by atoms with van der Waals surface area (Å²) in [4.78, 5) is 16.5. The molecule has 5 aromatic rings. The molecule has 0 aliphatic rings. The molecular formula is C35H30N2O2. The largest absolute Gasteiger partial charge is 0.478 e. The number of carbonyl (C=O) groups is 1. The number of carboxylic acids is 1. The second-order valence-corrected chi connectivity index (χ2v) is 9.55. The number of benzene rings is 5. The van der Waals surface area contributed by atoms with E-state index in [2.05, 4.69) is 60.0 Å². The molecule has 0 spiro atoms. The maximum Gasteiger partial charge on any atom is 0.336 e. The Morgan fingerprint density at radius 1 is 0.615 bits per heavy atom. The third-order valence-corrected chi connectivity index (χ3v) is 6.70. The lowest BCUT2D eigenvalue weighted by Crippen LogP contribution is -2.16. The maximum atomic E-state index is 12.4. The van der Waals surface area contributed by atoms with Gasteiger partial charge in [0.25, 0.3) is 0 Å². The van der Waals surface area contributed by atoms with Crippen molar-refractivity contribution in [2.45, 2.75) is 0 Å². The van der Waals surface area contributed by atoms with E-state index >= 15 is 0 Å². The van der Waals surface area contributed by atoms with Crippen LogP contribution in [-0.4, -0.2) is 25.2 Å². The fourth-order valence-corrected chi connectivity index (χ4v) is 4.73. The zero-order valence-corrected chi connectivity index (χ0v) is 22.1. The fraction of sp³-hybridized carbons (Fsp3) is 0.0571. The second kappa shape index (κ2) is 11.1. The van der Waals surface area contributed by atoms with E-state index in [4.69, 9.17) is 0 Å². The van der Waals surface area contributed by atoms with Gasteiger partial charge in [0, 0.05) is 36.8 Å². The van der Waals surface area contributed by atoms with Gasteiger partial charge in [-0.25, -0.2) is 4.79 Å². The Balaban J connectivity index is 1.69. The summed E-state index contributed by atoms with van der Waals surface area (Å²) in [6.45, 7) is 4.02. The highest BCUT2D eigenvalue weighted by Gasteiger charge is 2.18. The molecule has 39 heavy (non-hydrogen) atoms. The Morgan fingerprint density at radius 2 is 1.13 bits per heavy atom. The highest BCUT2D eigenvalue weighted by Crippen LogP contribution is 2.35. The monoisotopic (exact) mass is 510 g/mol. The molecule has 4 heteroatoms. The summed E-state index contributed by atoms with van der Waals surface area (Å²) < 4.78 is 0. The van der Waals surface area contributed by atoms with Gasteiger partial charge in [-0.1, -0.05) is 85.4 Å². The first-order valence-electron chi connectivity index (χ1n) is 12.8. The zero-order chi connectivity index (χ0) is 27.4. The van der Waals surface area contributed by atoms with Crippen molar-refractivity contribution in [3.05, 3.63) is 155 Å². The Morgan fingerprint density at radius 3 is 1.64 bits per heavy atom. The minimum Gasteiger partial charge on any atom is -0.478 e. The summed E-state index contributed by atoms with van der Waals surface area (Å²) in [5.41, 5.74) is 6.66. The van der Waals surface area contributed by atoms with Crippen LogP contribution >= 0.6 is 0 Å². The van der Waals surface area contributed by atoms with E-state index in [1.165, 1.54) is 0 Å². The molecule has 0 aromatic heterocycles. The van der Waals surface area contributed by atoms with Crippen molar-refractivity contribution in [2.24, 2.45) is 0 Å². The van der Waals surface area contributed by atoms with E-state index in [1.807, 2.05) is 91.8 Å². The molecule has 0 amide bonds. The first kappa shape index (κ1) is 25.6. The normalized spacial score (nSPS) is 10.6. The van der Waals surface area contributed by atoms with Gasteiger partial charge < -0.3 is 14.9 Å². The molecule has 0 saturated heterocycles. The first-order valence-corrected chi connectivity index (χ1v) is 12.8. The Labute approximate surface area is 229 Å². The van der Waals surface area contributed by atoms with Crippen LogP contribution in [0.2, 0.25) is 0 Å². The molecule has 0 aliphatic heterocycles. The number of hydrogen-bond acceptors (Lipinski definition) is 3. The molecule has 0 saturated carbocycles. The lowest BCUT2D eigenvalue weighted by molar-refractivity contribution is 0.0696. The van der Waals surface area contributed by atoms with E-state index in [0.717, 1.165) is 44.3 Å². The van der Waals surface area contributed by atoms with Crippen LogP contribution in [0, 0.1) is 0 Å². The molecule has 5 rings (SSSR count). The van der Waals surface area contributed by atoms with Crippen LogP contribution in [0.5, 0.6) is 0 Å². The summed E-state index contributed by atoms with van der Waals surface area (Å²) in [7, 11) is 3.81. The number of para-hydroxylation sites is 2. The molecule has 0 aliphatic carbocycles. The van der Waals surface area contributed by atoms with Gasteiger partial charge >= 0.3 is 5.97 Å². The predicted octanol–water partition coefficient (Wildman–Crippen LogP) is 6.58. The van der Waals surface area contributed by atoms with E-state index in [1.54, 1.807) is 6.07 Å². The minimum absolute atomic E-state index is 0.258. The van der Waals surface area contributed by atoms with E-state index < -0.39 is 5.97 Å². The molecule has 0 unspecified atom stereocenters. The number of hydrogen-bond donors (Lipinski definition) is 1. The summed E-state index contributed by atoms with van der Waals surface area (Å²) in [6.07, 6.45) is 0. The van der Waals surface area contributed by atoms with Crippen molar-refractivity contribution in [2.75, 3.05) is 23.9 Å². The van der Waals surface area contributed by atoms with Gasteiger partial charge in [-0.05, 0) is 75.7 Å². The summed E-state index contributed by atoms with van der Waals surface area (Å²) in [6, 6.07) is 42.3. The molecule has 192 valence electrons. The summed E-state index contributed by atoms with van der Waals surface area (Å²) in [5.74, 6) is -0.962. The van der Waals surface area contributed by atoms with E-state index in [-0.39, 0.29) is 5.56 Å². The topological polar surface area (TPSA) is 43.8 Å². The fourth-order valence-electron chi connectivity index (χ4n) is 4.73. The number of carboxylic acid groups (broad SMARTS) is 1. The second-order valence-electron chi connectivity index (χ2n) is 9.55. The molecule has 1 N–H and O–H groups in total. The standard InChI is InChI=1S/C35H30N2O2/c1-25-14-16-26(17-15-25)34(32-23-22-31(36(2)3)24-33(32)35(38)39)27-18-20-30(21-19-27)37(28-10-6-4-7-11-28)29-12-8-5-9-13-29/h4-24H,1H2,2-3H3,(H,38,39). The zero-order valence-electron chi connectivity index (χ0n) is 22.1. The summed E-state index contributed by atoms with van der Waals surface area (Å²) in [5, 5.41) is 12.0. The molecule has 0 radical (unpaired) electrons. The van der Waals surface area contributed by atoms with Gasteiger partial charge in [-0.15, -0.1) is 0 Å². The van der Waals surface area contributed by atoms with Crippen LogP contribution in [0.4, 0.5) is 22.7 Å². The van der Waals surface area contributed by atoms with E-state index in [9.17, 15) is 9.90 Å². The van der Waals surface area contributed by atoms with Crippen LogP contribution in [-0.2, 0) is 0 Å². The van der Waals surface area contributed by atoms with Crippen molar-refractivity contribution < 1.29 is 9.90 Å². The molecule has 0 atom stereocenters. The van der Waals surface area contributed by atoms with Gasteiger partial charge in [-0.2, -0.15) is 0 Å². The van der Waals surface area contributed by atoms with Crippen LogP contribution in [0.15, 0.2) is 127 Å². The van der Waals surface area contributed by atoms with Gasteiger partial charge in [0.1, 0.15) is 0 Å². The molecule has 0 heterocycles. The maximum absolute atomic E-state index is 12.4. The third-order valence-electron chi connectivity index (χ3n) is 6.70. The number of anilines is 4. The SMILES string of the molecule is C=c1ccc(=C(c2ccc(N(c3ccccc3)c3ccccc3)cc2)c2ccc(N(C)C)cc2C(=O)O)cc1. The summed E-state index contributed by atoms with van der Waals surface area (Å²) >= 11 is 0. The first-order chi connectivity index (χ1) is 18.9. The lowest BCUT2D eigenvalue weighted by Gasteiger charge is -2.25. The van der Waals surface area contributed by atoms with Gasteiger partial charge in [-0.3, -0.25) is 0 Å². The van der Waals surface area contributed by atoms with Crippen molar-refractivity contribution in [3.8, 4) is 0 Å². The van der Waals surface area contributed by atoms with Crippen LogP contribution in [0.3, 0.4) is 0 Å². The van der Waals surface area contributed by atoms with Gasteiger partial charge in [0.05, 0.1) is 5.56 Å². The predicted molar refractivity (Wildman–Crippen MR) is 162 cm³/mol. The molecule has 5 aromatic carbocycles. The van der Waals surface area contributed by atoms with Crippen LogP contribution in [0.25, 0.3) is 12.2 Å². The van der Waals surface area contributed by atoms with Crippen molar-refractivity contribution in [3.63, 3.8) is 0 Å². The average molecular weight is 511 g/mol. The Hall–Kier alpha value is -5.09. The highest BCUT2D eigenvalue weighted by molar-refractivity contribution is 5.98. The van der Waals surface area contributed by atoms with Crippen molar-refractivity contribution in [1.29, 1.82) is 0 Å². The molecule has 0 bridgehead atoms. The number of rotatable bonds is 7. The number of aromatic carboxylic acids is 1. The highest BCUT2D eigenvalue weighted by atomic mass is 16.4. The molecular weight excluding hydrogens is 480 g/mol. The third kappa shape index (κ3) is 5.46. The Bertz CT molecular complexity index is 1650. The van der Waals surface area contributed by atoms with Crippen LogP contribution in [0.1, 0.15) is 21.5 Å². The number of nitrogens with zero attached hydrogens (tertiary/aromatic N) is 2. The molecule has 0 fully saturated rings. The quantitative estimate of drug-likeness (QED) is 0.269. The van der Waals surface area contributed by atoms with Gasteiger partial charge in [0.2, 0.25) is 0 Å². The lowest BCUT2D eigenvalue weighted by atomic mass is 9.91. The van der Waals surface area contributed by atoms with Crippen molar-refractivity contribution in [1.82, 2.24) is 0 Å². The van der Waals surface area contributed by atoms with E-state index in [0.29, 0.717) is 5.56 Å². The van der Waals surface area contributed by atoms with Crippen molar-refractivity contribution >= 4 is 40.9 Å². The minimum atomic E-state index is -0.962. The van der Waals surface area contributed by atoms with Crippen LogP contribution < -0.4 is 20.2 Å². The van der Waals surface area contributed by atoms with Gasteiger partial charge in [0.15, 0.2) is 0 Å².